The molecule has 26 heavy (non-hydrogen) atoms. The van der Waals surface area contributed by atoms with E-state index >= 15 is 0 Å². The second kappa shape index (κ2) is 8.18. The fourth-order valence-corrected chi connectivity index (χ4v) is 4.60. The van der Waals surface area contributed by atoms with E-state index < -0.39 is 0 Å². The molecule has 1 aliphatic heterocycles. The monoisotopic (exact) mass is 375 g/mol. The topological polar surface area (TPSA) is 83.1 Å². The van der Waals surface area contributed by atoms with Crippen LogP contribution in [0, 0.1) is 0 Å². The molecule has 3 heterocycles. The predicted octanol–water partition coefficient (Wildman–Crippen LogP) is 2.68. The third kappa shape index (κ3) is 3.91. The lowest BCUT2D eigenvalue weighted by Gasteiger charge is -2.26. The number of hydrogen-bond donors (Lipinski definition) is 2. The van der Waals surface area contributed by atoms with Crippen molar-refractivity contribution in [2.45, 2.75) is 44.6 Å². The summed E-state index contributed by atoms with van der Waals surface area (Å²) in [5, 5.41) is 13.2. The molecule has 0 radical (unpaired) electrons. The van der Waals surface area contributed by atoms with Gasteiger partial charge >= 0.3 is 0 Å². The van der Waals surface area contributed by atoms with Crippen molar-refractivity contribution in [3.63, 3.8) is 0 Å². The lowest BCUT2D eigenvalue weighted by Crippen LogP contribution is -2.36. The third-order valence-corrected chi connectivity index (χ3v) is 6.13. The Labute approximate surface area is 157 Å². The molecular weight excluding hydrogens is 350 g/mol. The highest BCUT2D eigenvalue weighted by atomic mass is 32.1. The molecule has 4 rings (SSSR count). The smallest absolute Gasteiger partial charge is 0.255 e. The Morgan fingerprint density at radius 1 is 1.31 bits per heavy atom. The van der Waals surface area contributed by atoms with E-state index in [0.717, 1.165) is 55.7 Å². The number of nitrogens with zero attached hydrogens (tertiary/aromatic N) is 3. The normalized spacial score (nSPS) is 18.8. The highest BCUT2D eigenvalue weighted by Gasteiger charge is 2.23. The van der Waals surface area contributed by atoms with Gasteiger partial charge in [0.05, 0.1) is 42.9 Å². The molecule has 0 atom stereocenters. The lowest BCUT2D eigenvalue weighted by atomic mass is 9.85. The number of hydrogen-bond acceptors (Lipinski definition) is 6. The Kier molecular flexibility index (Phi) is 5.50. The van der Waals surface area contributed by atoms with Gasteiger partial charge in [-0.05, 0) is 12.8 Å². The first-order valence-electron chi connectivity index (χ1n) is 9.40. The van der Waals surface area contributed by atoms with Crippen LogP contribution >= 0.6 is 11.3 Å². The van der Waals surface area contributed by atoms with Crippen molar-refractivity contribution in [2.75, 3.05) is 31.2 Å². The molecule has 1 amide bonds. The van der Waals surface area contributed by atoms with E-state index in [9.17, 15) is 4.79 Å². The summed E-state index contributed by atoms with van der Waals surface area (Å²) in [6, 6.07) is 0. The first-order valence-corrected chi connectivity index (χ1v) is 10.3. The Hall–Kier alpha value is -1.93. The van der Waals surface area contributed by atoms with E-state index in [1.165, 1.54) is 19.3 Å². The van der Waals surface area contributed by atoms with Crippen LogP contribution in [0.3, 0.4) is 0 Å². The van der Waals surface area contributed by atoms with Crippen LogP contribution in [0.5, 0.6) is 0 Å². The molecule has 0 spiro atoms. The van der Waals surface area contributed by atoms with E-state index in [0.29, 0.717) is 18.0 Å². The average molecular weight is 375 g/mol. The van der Waals surface area contributed by atoms with Crippen molar-refractivity contribution in [1.82, 2.24) is 20.5 Å². The van der Waals surface area contributed by atoms with Gasteiger partial charge < -0.3 is 15.0 Å². The van der Waals surface area contributed by atoms with Crippen molar-refractivity contribution in [3.05, 3.63) is 28.5 Å². The molecule has 1 aliphatic carbocycles. The van der Waals surface area contributed by atoms with E-state index in [4.69, 9.17) is 4.74 Å². The number of carbonyl (C=O) groups is 1. The Balaban J connectivity index is 1.36. The number of aromatic amines is 1. The summed E-state index contributed by atoms with van der Waals surface area (Å²) in [6.45, 7) is 3.68. The first-order chi connectivity index (χ1) is 12.8. The second-order valence-electron chi connectivity index (χ2n) is 6.94. The molecule has 140 valence electrons. The molecule has 0 unspecified atom stereocenters. The second-order valence-corrected chi connectivity index (χ2v) is 7.77. The van der Waals surface area contributed by atoms with Gasteiger partial charge in [-0.3, -0.25) is 9.89 Å². The number of rotatable bonds is 5. The minimum absolute atomic E-state index is 0.0692. The maximum atomic E-state index is 12.6. The number of morpholine rings is 1. The molecule has 1 saturated heterocycles. The number of aromatic nitrogens is 3. The molecule has 2 aliphatic rings. The zero-order valence-electron chi connectivity index (χ0n) is 14.9. The largest absolute Gasteiger partial charge is 0.378 e. The fourth-order valence-electron chi connectivity index (χ4n) is 3.72. The summed E-state index contributed by atoms with van der Waals surface area (Å²) in [7, 11) is 0. The van der Waals surface area contributed by atoms with Crippen LogP contribution in [0.2, 0.25) is 0 Å². The predicted molar refractivity (Wildman–Crippen MR) is 101 cm³/mol. The van der Waals surface area contributed by atoms with Crippen LogP contribution in [-0.4, -0.2) is 47.4 Å². The maximum Gasteiger partial charge on any atom is 0.255 e. The van der Waals surface area contributed by atoms with Crippen LogP contribution in [0.15, 0.2) is 11.6 Å². The van der Waals surface area contributed by atoms with Gasteiger partial charge in [-0.1, -0.05) is 19.3 Å². The molecule has 2 aromatic heterocycles. The first kappa shape index (κ1) is 17.5. The molecule has 0 aromatic carbocycles. The van der Waals surface area contributed by atoms with Gasteiger partial charge in [0.15, 0.2) is 5.13 Å². The molecule has 1 saturated carbocycles. The van der Waals surface area contributed by atoms with E-state index in [-0.39, 0.29) is 5.91 Å². The quantitative estimate of drug-likeness (QED) is 0.839. The highest BCUT2D eigenvalue weighted by Crippen LogP contribution is 2.33. The number of carbonyl (C=O) groups excluding carboxylic acids is 1. The fraction of sp³-hybridized carbons (Fsp3) is 0.611. The molecule has 2 N–H and O–H groups in total. The van der Waals surface area contributed by atoms with E-state index in [1.807, 2.05) is 5.38 Å². The van der Waals surface area contributed by atoms with Crippen LogP contribution in [0.4, 0.5) is 5.13 Å². The van der Waals surface area contributed by atoms with Gasteiger partial charge in [-0.25, -0.2) is 4.98 Å². The van der Waals surface area contributed by atoms with Crippen LogP contribution in [0.1, 0.15) is 59.8 Å². The molecule has 2 fully saturated rings. The van der Waals surface area contributed by atoms with Crippen LogP contribution in [0.25, 0.3) is 0 Å². The summed E-state index contributed by atoms with van der Waals surface area (Å²) in [5.74, 6) is 0.361. The number of thiazole rings is 1. The molecule has 7 nitrogen and oxygen atoms in total. The SMILES string of the molecule is O=C(NCc1csc(N2CCOCC2)n1)c1cn[nH]c1C1CCCCC1. The summed E-state index contributed by atoms with van der Waals surface area (Å²) in [4.78, 5) is 19.5. The maximum absolute atomic E-state index is 12.6. The highest BCUT2D eigenvalue weighted by molar-refractivity contribution is 7.13. The number of nitrogens with one attached hydrogen (secondary N) is 2. The van der Waals surface area contributed by atoms with E-state index in [2.05, 4.69) is 25.4 Å². The average Bonchev–Trinajstić information content (AvgIpc) is 3.37. The van der Waals surface area contributed by atoms with Gasteiger partial charge in [0.2, 0.25) is 0 Å². The summed E-state index contributed by atoms with van der Waals surface area (Å²) < 4.78 is 5.38. The van der Waals surface area contributed by atoms with Gasteiger partial charge in [0.25, 0.3) is 5.91 Å². The van der Waals surface area contributed by atoms with Crippen molar-refractivity contribution in [2.24, 2.45) is 0 Å². The van der Waals surface area contributed by atoms with Crippen molar-refractivity contribution < 1.29 is 9.53 Å². The summed E-state index contributed by atoms with van der Waals surface area (Å²) in [6.07, 6.45) is 7.68. The Bertz CT molecular complexity index is 732. The Morgan fingerprint density at radius 2 is 2.12 bits per heavy atom. The third-order valence-electron chi connectivity index (χ3n) is 5.18. The van der Waals surface area contributed by atoms with Gasteiger partial charge in [-0.2, -0.15) is 5.10 Å². The summed E-state index contributed by atoms with van der Waals surface area (Å²) >= 11 is 1.62. The van der Waals surface area contributed by atoms with E-state index in [1.54, 1.807) is 17.5 Å². The minimum Gasteiger partial charge on any atom is -0.378 e. The van der Waals surface area contributed by atoms with Crippen molar-refractivity contribution in [3.8, 4) is 0 Å². The molecule has 0 bridgehead atoms. The van der Waals surface area contributed by atoms with Crippen LogP contribution in [-0.2, 0) is 11.3 Å². The van der Waals surface area contributed by atoms with Gasteiger partial charge in [-0.15, -0.1) is 11.3 Å². The van der Waals surface area contributed by atoms with Crippen molar-refractivity contribution >= 4 is 22.4 Å². The standard InChI is InChI=1S/C18H25N5O2S/c24-17(15-11-20-22-16(15)13-4-2-1-3-5-13)19-10-14-12-26-18(21-14)23-6-8-25-9-7-23/h11-13H,1-10H2,(H,19,24)(H,20,22). The number of anilines is 1. The zero-order valence-corrected chi connectivity index (χ0v) is 15.7. The van der Waals surface area contributed by atoms with Gasteiger partial charge in [0.1, 0.15) is 0 Å². The summed E-state index contributed by atoms with van der Waals surface area (Å²) in [5.41, 5.74) is 2.57. The number of ether oxygens (including phenoxy) is 1. The lowest BCUT2D eigenvalue weighted by molar-refractivity contribution is 0.0949. The Morgan fingerprint density at radius 3 is 2.92 bits per heavy atom. The molecular formula is C18H25N5O2S. The molecule has 2 aromatic rings. The number of amides is 1. The van der Waals surface area contributed by atoms with Crippen LogP contribution < -0.4 is 10.2 Å². The molecule has 8 heteroatoms. The minimum atomic E-state index is -0.0692. The van der Waals surface area contributed by atoms with Crippen molar-refractivity contribution in [1.29, 1.82) is 0 Å². The number of H-pyrrole nitrogens is 1. The van der Waals surface area contributed by atoms with Gasteiger partial charge in [0, 0.05) is 24.4 Å². The zero-order chi connectivity index (χ0) is 17.8.